The van der Waals surface area contributed by atoms with Crippen LogP contribution in [0, 0.1) is 0 Å². The number of aryl methyl sites for hydroxylation is 1. The van der Waals surface area contributed by atoms with Gasteiger partial charge < -0.3 is 10.2 Å². The van der Waals surface area contributed by atoms with Crippen LogP contribution in [-0.4, -0.2) is 34.1 Å². The molecule has 0 spiro atoms. The Bertz CT molecular complexity index is 851. The topological polar surface area (TPSA) is 53.9 Å². The number of rotatable bonds is 5. The third-order valence-electron chi connectivity index (χ3n) is 4.74. The summed E-state index contributed by atoms with van der Waals surface area (Å²) >= 11 is 0. The van der Waals surface area contributed by atoms with Crippen molar-refractivity contribution in [3.63, 3.8) is 0 Å². The fourth-order valence-corrected chi connectivity index (χ4v) is 3.34. The molecule has 0 amide bonds. The molecule has 0 aliphatic carbocycles. The smallest absolute Gasteiger partial charge is 0.161 e. The van der Waals surface area contributed by atoms with E-state index in [9.17, 15) is 0 Å². The molecule has 1 N–H and O–H groups in total. The van der Waals surface area contributed by atoms with Gasteiger partial charge in [0.2, 0.25) is 0 Å². The molecule has 1 saturated heterocycles. The minimum atomic E-state index is 0.389. The van der Waals surface area contributed by atoms with Crippen LogP contribution in [0.3, 0.4) is 0 Å². The minimum Gasteiger partial charge on any atom is -0.369 e. The van der Waals surface area contributed by atoms with E-state index in [1.807, 2.05) is 12.1 Å². The molecule has 4 rings (SSSR count). The molecule has 5 heteroatoms. The van der Waals surface area contributed by atoms with Gasteiger partial charge in [0.05, 0.1) is 0 Å². The predicted molar refractivity (Wildman–Crippen MR) is 105 cm³/mol. The van der Waals surface area contributed by atoms with Crippen LogP contribution in [-0.2, 0) is 6.42 Å². The van der Waals surface area contributed by atoms with Gasteiger partial charge in [-0.05, 0) is 37.1 Å². The van der Waals surface area contributed by atoms with Crippen LogP contribution in [0.2, 0.25) is 0 Å². The molecule has 3 heterocycles. The Labute approximate surface area is 154 Å². The average molecular weight is 345 g/mol. The Morgan fingerprint density at radius 3 is 2.65 bits per heavy atom. The molecular formula is C21H23N5. The van der Waals surface area contributed by atoms with Crippen molar-refractivity contribution >= 4 is 11.5 Å². The number of para-hydroxylation sites is 1. The first-order valence-electron chi connectivity index (χ1n) is 9.16. The molecule has 1 aromatic carbocycles. The van der Waals surface area contributed by atoms with Crippen LogP contribution in [0.25, 0.3) is 11.4 Å². The van der Waals surface area contributed by atoms with Crippen LogP contribution < -0.4 is 10.2 Å². The van der Waals surface area contributed by atoms with E-state index in [4.69, 9.17) is 4.98 Å². The molecule has 0 saturated carbocycles. The number of benzene rings is 1. The number of nitrogens with one attached hydrogen (secondary N) is 1. The number of hydrogen-bond acceptors (Lipinski definition) is 5. The van der Waals surface area contributed by atoms with Crippen LogP contribution in [0.15, 0.2) is 60.9 Å². The molecule has 2 aromatic heterocycles. The largest absolute Gasteiger partial charge is 0.369 e. The molecule has 3 aromatic rings. The highest BCUT2D eigenvalue weighted by Crippen LogP contribution is 2.23. The van der Waals surface area contributed by atoms with Gasteiger partial charge in [0, 0.05) is 54.5 Å². The first-order valence-corrected chi connectivity index (χ1v) is 9.16. The van der Waals surface area contributed by atoms with E-state index < -0.39 is 0 Å². The van der Waals surface area contributed by atoms with E-state index in [1.165, 1.54) is 5.69 Å². The van der Waals surface area contributed by atoms with Crippen molar-refractivity contribution in [3.05, 3.63) is 66.6 Å². The SMILES string of the molecule is CCc1cc(NC2CCN(c3ccccc3)C2)nc(-c2ccncc2)n1. The highest BCUT2D eigenvalue weighted by Gasteiger charge is 2.23. The third-order valence-corrected chi connectivity index (χ3v) is 4.74. The third kappa shape index (κ3) is 3.67. The van der Waals surface area contributed by atoms with Crippen LogP contribution in [0.4, 0.5) is 11.5 Å². The summed E-state index contributed by atoms with van der Waals surface area (Å²) in [6.45, 7) is 4.17. The van der Waals surface area contributed by atoms with E-state index >= 15 is 0 Å². The number of anilines is 2. The highest BCUT2D eigenvalue weighted by molar-refractivity contribution is 5.57. The Morgan fingerprint density at radius 1 is 1.08 bits per heavy atom. The van der Waals surface area contributed by atoms with Crippen molar-refractivity contribution in [3.8, 4) is 11.4 Å². The number of hydrogen-bond donors (Lipinski definition) is 1. The number of pyridine rings is 1. The van der Waals surface area contributed by atoms with Gasteiger partial charge in [-0.2, -0.15) is 0 Å². The fourth-order valence-electron chi connectivity index (χ4n) is 3.34. The van der Waals surface area contributed by atoms with Gasteiger partial charge in [0.1, 0.15) is 5.82 Å². The summed E-state index contributed by atoms with van der Waals surface area (Å²) in [5.74, 6) is 1.66. The lowest BCUT2D eigenvalue weighted by Gasteiger charge is -2.19. The zero-order valence-corrected chi connectivity index (χ0v) is 15.0. The Hall–Kier alpha value is -2.95. The summed E-state index contributed by atoms with van der Waals surface area (Å²) in [5.41, 5.74) is 3.33. The van der Waals surface area contributed by atoms with Crippen LogP contribution in [0.5, 0.6) is 0 Å². The molecule has 1 fully saturated rings. The van der Waals surface area contributed by atoms with E-state index in [1.54, 1.807) is 12.4 Å². The van der Waals surface area contributed by atoms with E-state index in [2.05, 4.69) is 63.5 Å². The summed E-state index contributed by atoms with van der Waals surface area (Å²) in [6.07, 6.45) is 5.54. The summed E-state index contributed by atoms with van der Waals surface area (Å²) < 4.78 is 0. The van der Waals surface area contributed by atoms with Gasteiger partial charge in [-0.1, -0.05) is 25.1 Å². The molecule has 5 nitrogen and oxygen atoms in total. The lowest BCUT2D eigenvalue weighted by atomic mass is 10.2. The van der Waals surface area contributed by atoms with Crippen molar-refractivity contribution in [2.45, 2.75) is 25.8 Å². The quantitative estimate of drug-likeness (QED) is 0.762. The van der Waals surface area contributed by atoms with Crippen LogP contribution >= 0.6 is 0 Å². The van der Waals surface area contributed by atoms with Crippen molar-refractivity contribution in [2.75, 3.05) is 23.3 Å². The highest BCUT2D eigenvalue weighted by atomic mass is 15.2. The Morgan fingerprint density at radius 2 is 1.88 bits per heavy atom. The second-order valence-corrected chi connectivity index (χ2v) is 6.57. The minimum absolute atomic E-state index is 0.389. The van der Waals surface area contributed by atoms with Gasteiger partial charge in [0.25, 0.3) is 0 Å². The van der Waals surface area contributed by atoms with Crippen molar-refractivity contribution < 1.29 is 0 Å². The monoisotopic (exact) mass is 345 g/mol. The average Bonchev–Trinajstić information content (AvgIpc) is 3.17. The zero-order valence-electron chi connectivity index (χ0n) is 15.0. The lowest BCUT2D eigenvalue weighted by molar-refractivity contribution is 0.798. The molecule has 26 heavy (non-hydrogen) atoms. The maximum atomic E-state index is 4.74. The second kappa shape index (κ2) is 7.52. The molecule has 1 atom stereocenters. The normalized spacial score (nSPS) is 16.7. The summed E-state index contributed by atoms with van der Waals surface area (Å²) in [6, 6.07) is 16.9. The molecule has 1 aliphatic heterocycles. The maximum Gasteiger partial charge on any atom is 0.161 e. The predicted octanol–water partition coefficient (Wildman–Crippen LogP) is 3.79. The molecule has 132 valence electrons. The number of nitrogens with zero attached hydrogens (tertiary/aromatic N) is 4. The van der Waals surface area contributed by atoms with Crippen molar-refractivity contribution in [1.82, 2.24) is 15.0 Å². The Balaban J connectivity index is 1.51. The van der Waals surface area contributed by atoms with Gasteiger partial charge in [-0.25, -0.2) is 9.97 Å². The summed E-state index contributed by atoms with van der Waals surface area (Å²) in [5, 5.41) is 3.62. The fraction of sp³-hybridized carbons (Fsp3) is 0.286. The summed E-state index contributed by atoms with van der Waals surface area (Å²) in [4.78, 5) is 15.9. The number of aromatic nitrogens is 3. The van der Waals surface area contributed by atoms with Gasteiger partial charge >= 0.3 is 0 Å². The molecule has 0 bridgehead atoms. The van der Waals surface area contributed by atoms with Gasteiger partial charge in [0.15, 0.2) is 5.82 Å². The maximum absolute atomic E-state index is 4.74. The zero-order chi connectivity index (χ0) is 17.8. The molecule has 1 unspecified atom stereocenters. The van der Waals surface area contributed by atoms with Crippen molar-refractivity contribution in [2.24, 2.45) is 0 Å². The Kier molecular flexibility index (Phi) is 4.78. The first-order chi connectivity index (χ1) is 12.8. The molecular weight excluding hydrogens is 322 g/mol. The van der Waals surface area contributed by atoms with Crippen molar-refractivity contribution in [1.29, 1.82) is 0 Å². The lowest BCUT2D eigenvalue weighted by Crippen LogP contribution is -2.26. The molecule has 1 aliphatic rings. The second-order valence-electron chi connectivity index (χ2n) is 6.57. The van der Waals surface area contributed by atoms with Crippen LogP contribution in [0.1, 0.15) is 19.0 Å². The van der Waals surface area contributed by atoms with E-state index in [-0.39, 0.29) is 0 Å². The standard InChI is InChI=1S/C21H23N5/c1-2-17-14-20(25-21(24-17)16-8-11-22-12-9-16)23-18-10-13-26(15-18)19-6-4-3-5-7-19/h3-9,11-12,14,18H,2,10,13,15H2,1H3,(H,23,24,25). The molecule has 0 radical (unpaired) electrons. The summed E-state index contributed by atoms with van der Waals surface area (Å²) in [7, 11) is 0. The first kappa shape index (κ1) is 16.5. The van der Waals surface area contributed by atoms with E-state index in [0.717, 1.165) is 48.8 Å². The van der Waals surface area contributed by atoms with Gasteiger partial charge in [-0.3, -0.25) is 4.98 Å². The van der Waals surface area contributed by atoms with E-state index in [0.29, 0.717) is 6.04 Å². The van der Waals surface area contributed by atoms with Gasteiger partial charge in [-0.15, -0.1) is 0 Å².